The molecule has 4 rings (SSSR count). The van der Waals surface area contributed by atoms with Crippen molar-refractivity contribution >= 4 is 46.1 Å². The second-order valence-electron chi connectivity index (χ2n) is 7.75. The number of rotatable bonds is 7. The normalized spacial score (nSPS) is 11.1. The molecule has 1 aromatic heterocycles. The van der Waals surface area contributed by atoms with Gasteiger partial charge in [0.1, 0.15) is 11.4 Å². The Morgan fingerprint density at radius 3 is 2.23 bits per heavy atom. The van der Waals surface area contributed by atoms with Crippen LogP contribution < -0.4 is 20.7 Å². The molecule has 35 heavy (non-hydrogen) atoms. The summed E-state index contributed by atoms with van der Waals surface area (Å²) in [5.41, 5.74) is 3.17. The van der Waals surface area contributed by atoms with Crippen LogP contribution in [0.25, 0.3) is 17.0 Å². The van der Waals surface area contributed by atoms with Crippen molar-refractivity contribution < 1.29 is 19.1 Å². The summed E-state index contributed by atoms with van der Waals surface area (Å²) in [6.45, 7) is 1.42. The van der Waals surface area contributed by atoms with Gasteiger partial charge < -0.3 is 25.7 Å². The lowest BCUT2D eigenvalue weighted by Crippen LogP contribution is -2.30. The number of methoxy groups -OCH3 is 1. The summed E-state index contributed by atoms with van der Waals surface area (Å²) in [4.78, 5) is 40.5. The second-order valence-corrected chi connectivity index (χ2v) is 7.75. The molecule has 3 aromatic carbocycles. The van der Waals surface area contributed by atoms with Gasteiger partial charge in [0, 0.05) is 46.5 Å². The third-order valence-corrected chi connectivity index (χ3v) is 5.21. The first kappa shape index (κ1) is 23.3. The number of hydrogen-bond acceptors (Lipinski definition) is 4. The Labute approximate surface area is 202 Å². The van der Waals surface area contributed by atoms with Gasteiger partial charge in [-0.05, 0) is 60.7 Å². The van der Waals surface area contributed by atoms with Gasteiger partial charge in [0.25, 0.3) is 11.8 Å². The van der Waals surface area contributed by atoms with Crippen LogP contribution in [-0.4, -0.2) is 29.8 Å². The first-order valence-corrected chi connectivity index (χ1v) is 10.8. The Morgan fingerprint density at radius 2 is 1.57 bits per heavy atom. The zero-order chi connectivity index (χ0) is 24.8. The number of fused-ring (bicyclic) bond motifs is 1. The molecule has 0 aliphatic carbocycles. The Balaban J connectivity index is 1.65. The van der Waals surface area contributed by atoms with Crippen molar-refractivity contribution in [3.63, 3.8) is 0 Å². The SMILES string of the molecule is COc1ccc2[nH]cc(/C=C(/NC(=O)c3ccccc3)C(=O)Nc3ccc(NC(C)=O)cc3)c2c1. The molecule has 176 valence electrons. The lowest BCUT2D eigenvalue weighted by molar-refractivity contribution is -0.114. The lowest BCUT2D eigenvalue weighted by atomic mass is 10.1. The van der Waals surface area contributed by atoms with E-state index in [-0.39, 0.29) is 11.6 Å². The van der Waals surface area contributed by atoms with Crippen LogP contribution in [0.5, 0.6) is 5.75 Å². The topological polar surface area (TPSA) is 112 Å². The van der Waals surface area contributed by atoms with Crippen LogP contribution in [-0.2, 0) is 9.59 Å². The molecule has 0 radical (unpaired) electrons. The first-order valence-electron chi connectivity index (χ1n) is 10.8. The first-order chi connectivity index (χ1) is 16.9. The number of hydrogen-bond donors (Lipinski definition) is 4. The summed E-state index contributed by atoms with van der Waals surface area (Å²) in [5, 5.41) is 9.03. The molecule has 8 heteroatoms. The Bertz CT molecular complexity index is 1410. The van der Waals surface area contributed by atoms with Crippen LogP contribution in [0.2, 0.25) is 0 Å². The van der Waals surface area contributed by atoms with Crippen molar-refractivity contribution in [3.05, 3.63) is 95.8 Å². The van der Waals surface area contributed by atoms with E-state index in [0.717, 1.165) is 10.9 Å². The standard InChI is InChI=1S/C27H24N4O4/c1-17(32)29-20-8-10-21(11-9-20)30-27(34)25(31-26(33)18-6-4-3-5-7-18)14-19-16-28-24-13-12-22(35-2)15-23(19)24/h3-16,28H,1-2H3,(H,29,32)(H,30,34)(H,31,33)/b25-14+. The van der Waals surface area contributed by atoms with Gasteiger partial charge in [-0.1, -0.05) is 18.2 Å². The fourth-order valence-corrected chi connectivity index (χ4v) is 3.50. The Hall–Kier alpha value is -4.85. The van der Waals surface area contributed by atoms with E-state index in [2.05, 4.69) is 20.9 Å². The second kappa shape index (κ2) is 10.4. The Morgan fingerprint density at radius 1 is 0.886 bits per heavy atom. The van der Waals surface area contributed by atoms with Gasteiger partial charge >= 0.3 is 0 Å². The molecule has 0 fully saturated rings. The highest BCUT2D eigenvalue weighted by atomic mass is 16.5. The van der Waals surface area contributed by atoms with E-state index >= 15 is 0 Å². The number of carbonyl (C=O) groups excluding carboxylic acids is 3. The fraction of sp³-hybridized carbons (Fsp3) is 0.0741. The van der Waals surface area contributed by atoms with E-state index in [1.165, 1.54) is 6.92 Å². The number of H-pyrrole nitrogens is 1. The van der Waals surface area contributed by atoms with Crippen molar-refractivity contribution in [2.45, 2.75) is 6.92 Å². The molecule has 8 nitrogen and oxygen atoms in total. The highest BCUT2D eigenvalue weighted by Gasteiger charge is 2.16. The highest BCUT2D eigenvalue weighted by molar-refractivity contribution is 6.11. The van der Waals surface area contributed by atoms with Gasteiger partial charge in [0.15, 0.2) is 0 Å². The number of benzene rings is 3. The third kappa shape index (κ3) is 5.75. The average molecular weight is 469 g/mol. The van der Waals surface area contributed by atoms with Crippen molar-refractivity contribution in [2.75, 3.05) is 17.7 Å². The zero-order valence-electron chi connectivity index (χ0n) is 19.2. The minimum Gasteiger partial charge on any atom is -0.497 e. The molecule has 0 atom stereocenters. The maximum Gasteiger partial charge on any atom is 0.272 e. The lowest BCUT2D eigenvalue weighted by Gasteiger charge is -2.12. The molecule has 0 aliphatic rings. The van der Waals surface area contributed by atoms with Gasteiger partial charge in [-0.15, -0.1) is 0 Å². The summed E-state index contributed by atoms with van der Waals surface area (Å²) >= 11 is 0. The van der Waals surface area contributed by atoms with E-state index < -0.39 is 11.8 Å². The van der Waals surface area contributed by atoms with Crippen molar-refractivity contribution in [1.29, 1.82) is 0 Å². The van der Waals surface area contributed by atoms with Gasteiger partial charge in [0.2, 0.25) is 5.91 Å². The summed E-state index contributed by atoms with van der Waals surface area (Å²) < 4.78 is 5.32. The molecule has 0 bridgehead atoms. The number of anilines is 2. The van der Waals surface area contributed by atoms with E-state index in [0.29, 0.717) is 28.3 Å². The maximum absolute atomic E-state index is 13.2. The quantitative estimate of drug-likeness (QED) is 0.298. The number of carbonyl (C=O) groups is 3. The number of amides is 3. The van der Waals surface area contributed by atoms with Crippen molar-refractivity contribution in [3.8, 4) is 5.75 Å². The van der Waals surface area contributed by atoms with E-state index in [9.17, 15) is 14.4 Å². The number of aromatic nitrogens is 1. The summed E-state index contributed by atoms with van der Waals surface area (Å²) in [5.74, 6) is -0.430. The molecule has 0 spiro atoms. The van der Waals surface area contributed by atoms with Crippen molar-refractivity contribution in [1.82, 2.24) is 10.3 Å². The molecule has 0 aliphatic heterocycles. The van der Waals surface area contributed by atoms with Gasteiger partial charge in [-0.3, -0.25) is 14.4 Å². The monoisotopic (exact) mass is 468 g/mol. The van der Waals surface area contributed by atoms with Crippen molar-refractivity contribution in [2.24, 2.45) is 0 Å². The zero-order valence-corrected chi connectivity index (χ0v) is 19.2. The predicted molar refractivity (Wildman–Crippen MR) is 136 cm³/mol. The molecule has 4 N–H and O–H groups in total. The van der Waals surface area contributed by atoms with Gasteiger partial charge in [0.05, 0.1) is 7.11 Å². The van der Waals surface area contributed by atoms with E-state index in [1.54, 1.807) is 67.9 Å². The van der Waals surface area contributed by atoms with Crippen LogP contribution in [0.1, 0.15) is 22.8 Å². The molecular weight excluding hydrogens is 444 g/mol. The van der Waals surface area contributed by atoms with Crippen LogP contribution in [0.4, 0.5) is 11.4 Å². The molecule has 3 amide bonds. The van der Waals surface area contributed by atoms with E-state index in [4.69, 9.17) is 4.74 Å². The Kier molecular flexibility index (Phi) is 6.92. The summed E-state index contributed by atoms with van der Waals surface area (Å²) in [6, 6.07) is 20.9. The van der Waals surface area contributed by atoms with Gasteiger partial charge in [-0.2, -0.15) is 0 Å². The number of nitrogens with one attached hydrogen (secondary N) is 4. The molecule has 1 heterocycles. The average Bonchev–Trinajstić information content (AvgIpc) is 3.26. The highest BCUT2D eigenvalue weighted by Crippen LogP contribution is 2.25. The van der Waals surface area contributed by atoms with Crippen LogP contribution in [0, 0.1) is 0 Å². The molecule has 0 saturated heterocycles. The molecule has 0 unspecified atom stereocenters. The van der Waals surface area contributed by atoms with Gasteiger partial charge in [-0.25, -0.2) is 0 Å². The molecule has 0 saturated carbocycles. The van der Waals surface area contributed by atoms with Crippen LogP contribution in [0.3, 0.4) is 0 Å². The maximum atomic E-state index is 13.2. The van der Waals surface area contributed by atoms with Crippen LogP contribution in [0.15, 0.2) is 84.7 Å². The minimum atomic E-state index is -0.501. The number of aromatic amines is 1. The van der Waals surface area contributed by atoms with Crippen LogP contribution >= 0.6 is 0 Å². The minimum absolute atomic E-state index is 0.0634. The summed E-state index contributed by atoms with van der Waals surface area (Å²) in [7, 11) is 1.58. The largest absolute Gasteiger partial charge is 0.497 e. The smallest absolute Gasteiger partial charge is 0.272 e. The molecule has 4 aromatic rings. The predicted octanol–water partition coefficient (Wildman–Crippen LogP) is 4.54. The fourth-order valence-electron chi connectivity index (χ4n) is 3.50. The third-order valence-electron chi connectivity index (χ3n) is 5.21. The number of ether oxygens (including phenoxy) is 1. The van der Waals surface area contributed by atoms with E-state index in [1.807, 2.05) is 24.3 Å². The molecular formula is C27H24N4O4. The summed E-state index contributed by atoms with van der Waals surface area (Å²) in [6.07, 6.45) is 3.37.